The minimum atomic E-state index is -0.721. The number of hydrogen-bond donors (Lipinski definition) is 1. The van der Waals surface area contributed by atoms with Crippen LogP contribution in [0.5, 0.6) is 5.75 Å². The number of carboxylic acids is 1. The minimum Gasteiger partial charge on any atom is -0.489 e. The molecule has 0 amide bonds. The Morgan fingerprint density at radius 1 is 1.17 bits per heavy atom. The van der Waals surface area contributed by atoms with Gasteiger partial charge in [0.15, 0.2) is 0 Å². The smallest absolute Gasteiger partial charge is 0.303 e. The van der Waals surface area contributed by atoms with Gasteiger partial charge in [-0.15, -0.1) is 0 Å². The van der Waals surface area contributed by atoms with E-state index >= 15 is 0 Å². The van der Waals surface area contributed by atoms with Gasteiger partial charge in [0.25, 0.3) is 0 Å². The number of aryl methyl sites for hydroxylation is 1. The maximum atomic E-state index is 11.0. The van der Waals surface area contributed by atoms with Crippen LogP contribution in [-0.4, -0.2) is 11.1 Å². The maximum absolute atomic E-state index is 11.0. The van der Waals surface area contributed by atoms with Crippen molar-refractivity contribution in [1.29, 1.82) is 0 Å². The van der Waals surface area contributed by atoms with Crippen LogP contribution in [0, 0.1) is 12.8 Å². The highest BCUT2D eigenvalue weighted by atomic mass is 16.5. The molecule has 0 aromatic heterocycles. The number of carbonyl (C=O) groups is 1. The number of aliphatic carboxylic acids is 1. The summed E-state index contributed by atoms with van der Waals surface area (Å²) in [6, 6.07) is 16.1. The summed E-state index contributed by atoms with van der Waals surface area (Å²) >= 11 is 0. The quantitative estimate of drug-likeness (QED) is 0.816. The molecule has 120 valence electrons. The van der Waals surface area contributed by atoms with Gasteiger partial charge in [0.1, 0.15) is 12.4 Å². The van der Waals surface area contributed by atoms with E-state index in [2.05, 4.69) is 19.1 Å². The summed E-state index contributed by atoms with van der Waals surface area (Å²) in [6.07, 6.45) is 2.50. The molecule has 23 heavy (non-hydrogen) atoms. The van der Waals surface area contributed by atoms with Crippen LogP contribution in [-0.2, 0) is 11.4 Å². The van der Waals surface area contributed by atoms with Crippen LogP contribution in [0.4, 0.5) is 0 Å². The molecule has 0 spiro atoms. The molecule has 1 N–H and O–H groups in total. The fraction of sp³-hybridized carbons (Fsp3) is 0.350. The number of carboxylic acid groups (broad SMARTS) is 1. The topological polar surface area (TPSA) is 46.5 Å². The van der Waals surface area contributed by atoms with Crippen LogP contribution < -0.4 is 4.74 Å². The van der Waals surface area contributed by atoms with E-state index in [1.165, 1.54) is 11.1 Å². The van der Waals surface area contributed by atoms with Gasteiger partial charge in [-0.25, -0.2) is 0 Å². The lowest BCUT2D eigenvalue weighted by Crippen LogP contribution is -2.08. The van der Waals surface area contributed by atoms with E-state index in [-0.39, 0.29) is 12.3 Å². The Morgan fingerprint density at radius 3 is 2.48 bits per heavy atom. The molecule has 0 heterocycles. The molecule has 1 saturated carbocycles. The molecule has 3 nitrogen and oxygen atoms in total. The maximum Gasteiger partial charge on any atom is 0.303 e. The lowest BCUT2D eigenvalue weighted by atomic mass is 9.91. The van der Waals surface area contributed by atoms with E-state index in [0.717, 1.165) is 24.2 Å². The average molecular weight is 310 g/mol. The van der Waals surface area contributed by atoms with Gasteiger partial charge in [-0.2, -0.15) is 0 Å². The van der Waals surface area contributed by atoms with Crippen molar-refractivity contribution in [2.75, 3.05) is 0 Å². The molecule has 0 bridgehead atoms. The zero-order valence-corrected chi connectivity index (χ0v) is 13.4. The van der Waals surface area contributed by atoms with Crippen LogP contribution in [0.1, 0.15) is 41.9 Å². The second kappa shape index (κ2) is 6.86. The number of benzene rings is 2. The Bertz CT molecular complexity index is 672. The van der Waals surface area contributed by atoms with Crippen LogP contribution in [0.15, 0.2) is 48.5 Å². The normalized spacial score (nSPS) is 15.2. The van der Waals surface area contributed by atoms with Crippen LogP contribution in [0.25, 0.3) is 0 Å². The van der Waals surface area contributed by atoms with E-state index < -0.39 is 5.97 Å². The van der Waals surface area contributed by atoms with Crippen LogP contribution in [0.3, 0.4) is 0 Å². The summed E-state index contributed by atoms with van der Waals surface area (Å²) in [5.41, 5.74) is 3.51. The molecule has 1 aliphatic rings. The summed E-state index contributed by atoms with van der Waals surface area (Å²) in [7, 11) is 0. The van der Waals surface area contributed by atoms with Gasteiger partial charge in [-0.1, -0.05) is 36.4 Å². The third-order valence-electron chi connectivity index (χ3n) is 4.55. The van der Waals surface area contributed by atoms with Crippen LogP contribution in [0.2, 0.25) is 0 Å². The second-order valence-electron chi connectivity index (χ2n) is 6.33. The summed E-state index contributed by atoms with van der Waals surface area (Å²) in [4.78, 5) is 11.0. The molecule has 0 aliphatic heterocycles. The highest BCUT2D eigenvalue weighted by Gasteiger charge is 2.33. The molecule has 1 fully saturated rings. The lowest BCUT2D eigenvalue weighted by molar-refractivity contribution is -0.137. The standard InChI is InChI=1S/C20H22O3/c1-14-4-2-3-5-17(14)13-23-18-10-8-16(9-11-18)19(12-20(21)22)15-6-7-15/h2-5,8-11,15,19H,6-7,12-13H2,1H3,(H,21,22). The van der Waals surface area contributed by atoms with E-state index in [0.29, 0.717) is 12.5 Å². The second-order valence-corrected chi connectivity index (χ2v) is 6.33. The zero-order valence-electron chi connectivity index (χ0n) is 13.4. The van der Waals surface area contributed by atoms with Gasteiger partial charge in [0.2, 0.25) is 0 Å². The zero-order chi connectivity index (χ0) is 16.2. The monoisotopic (exact) mass is 310 g/mol. The van der Waals surface area contributed by atoms with Gasteiger partial charge in [-0.3, -0.25) is 4.79 Å². The third-order valence-corrected chi connectivity index (χ3v) is 4.55. The Labute approximate surface area is 136 Å². The van der Waals surface area contributed by atoms with E-state index in [9.17, 15) is 4.79 Å². The number of rotatable bonds is 7. The molecular weight excluding hydrogens is 288 g/mol. The van der Waals surface area contributed by atoms with Crippen molar-refractivity contribution in [1.82, 2.24) is 0 Å². The highest BCUT2D eigenvalue weighted by Crippen LogP contribution is 2.44. The molecule has 3 heteroatoms. The Balaban J connectivity index is 1.64. The van der Waals surface area contributed by atoms with Gasteiger partial charge in [-0.05, 0) is 60.4 Å². The number of hydrogen-bond acceptors (Lipinski definition) is 2. The largest absolute Gasteiger partial charge is 0.489 e. The molecule has 0 saturated heterocycles. The molecule has 2 aromatic rings. The van der Waals surface area contributed by atoms with Crippen molar-refractivity contribution in [3.8, 4) is 5.75 Å². The van der Waals surface area contributed by atoms with Crippen LogP contribution >= 0.6 is 0 Å². The highest BCUT2D eigenvalue weighted by molar-refractivity contribution is 5.68. The Morgan fingerprint density at radius 2 is 1.87 bits per heavy atom. The van der Waals surface area contributed by atoms with Gasteiger partial charge < -0.3 is 9.84 Å². The van der Waals surface area contributed by atoms with Gasteiger partial charge in [0.05, 0.1) is 6.42 Å². The predicted octanol–water partition coefficient (Wildman–Crippen LogP) is 4.54. The first-order valence-corrected chi connectivity index (χ1v) is 8.12. The van der Waals surface area contributed by atoms with E-state index in [4.69, 9.17) is 9.84 Å². The summed E-state index contributed by atoms with van der Waals surface area (Å²) < 4.78 is 5.85. The molecule has 2 aromatic carbocycles. The molecule has 0 radical (unpaired) electrons. The van der Waals surface area contributed by atoms with Gasteiger partial charge >= 0.3 is 5.97 Å². The predicted molar refractivity (Wildman–Crippen MR) is 89.7 cm³/mol. The Hall–Kier alpha value is -2.29. The SMILES string of the molecule is Cc1ccccc1COc1ccc(C(CC(=O)O)C2CC2)cc1. The van der Waals surface area contributed by atoms with Crippen molar-refractivity contribution in [3.05, 3.63) is 65.2 Å². The van der Waals surface area contributed by atoms with E-state index in [1.54, 1.807) is 0 Å². The summed E-state index contributed by atoms with van der Waals surface area (Å²) in [5.74, 6) is 0.770. The van der Waals surface area contributed by atoms with Crippen molar-refractivity contribution >= 4 is 5.97 Å². The van der Waals surface area contributed by atoms with Crippen molar-refractivity contribution in [2.45, 2.75) is 38.7 Å². The number of ether oxygens (including phenoxy) is 1. The van der Waals surface area contributed by atoms with Crippen molar-refractivity contribution < 1.29 is 14.6 Å². The first-order valence-electron chi connectivity index (χ1n) is 8.12. The third kappa shape index (κ3) is 4.13. The summed E-state index contributed by atoms with van der Waals surface area (Å²) in [6.45, 7) is 2.63. The van der Waals surface area contributed by atoms with Gasteiger partial charge in [0, 0.05) is 0 Å². The summed E-state index contributed by atoms with van der Waals surface area (Å²) in [5, 5.41) is 9.09. The molecule has 3 rings (SSSR count). The van der Waals surface area contributed by atoms with E-state index in [1.807, 2.05) is 36.4 Å². The Kier molecular flexibility index (Phi) is 4.65. The average Bonchev–Trinajstić information content (AvgIpc) is 3.37. The molecule has 1 atom stereocenters. The first kappa shape index (κ1) is 15.6. The lowest BCUT2D eigenvalue weighted by Gasteiger charge is -2.15. The molecule has 1 unspecified atom stereocenters. The minimum absolute atomic E-state index is 0.137. The van der Waals surface area contributed by atoms with Crippen molar-refractivity contribution in [2.24, 2.45) is 5.92 Å². The fourth-order valence-electron chi connectivity index (χ4n) is 2.99. The molecule has 1 aliphatic carbocycles. The first-order chi connectivity index (χ1) is 11.1. The molecular formula is C20H22O3. The van der Waals surface area contributed by atoms with Crippen molar-refractivity contribution in [3.63, 3.8) is 0 Å². The fourth-order valence-corrected chi connectivity index (χ4v) is 2.99.